The number of morpholine rings is 1. The lowest BCUT2D eigenvalue weighted by molar-refractivity contribution is -0.192. The largest absolute Gasteiger partial charge is 0.490 e. The number of rotatable bonds is 3. The van der Waals surface area contributed by atoms with Gasteiger partial charge >= 0.3 is 12.1 Å². The fourth-order valence-corrected chi connectivity index (χ4v) is 4.53. The molecule has 2 atom stereocenters. The van der Waals surface area contributed by atoms with Crippen LogP contribution in [0.15, 0.2) is 22.7 Å². The summed E-state index contributed by atoms with van der Waals surface area (Å²) >= 11 is 3.58. The Bertz CT molecular complexity index is 871. The van der Waals surface area contributed by atoms with E-state index < -0.39 is 12.1 Å². The number of aliphatic carboxylic acids is 1. The molecule has 2 N–H and O–H groups in total. The highest BCUT2D eigenvalue weighted by Crippen LogP contribution is 2.35. The highest BCUT2D eigenvalue weighted by molar-refractivity contribution is 9.10. The Morgan fingerprint density at radius 1 is 1.41 bits per heavy atom. The van der Waals surface area contributed by atoms with Gasteiger partial charge in [0.25, 0.3) is 0 Å². The molecule has 11 heteroatoms. The molecule has 1 aliphatic heterocycles. The first-order valence-corrected chi connectivity index (χ1v) is 10.9. The third-order valence-corrected chi connectivity index (χ3v) is 6.20. The van der Waals surface area contributed by atoms with Gasteiger partial charge in [-0.15, -0.1) is 0 Å². The summed E-state index contributed by atoms with van der Waals surface area (Å²) in [5, 5.41) is 19.3. The van der Waals surface area contributed by atoms with Crippen LogP contribution in [0.1, 0.15) is 43.7 Å². The molecule has 3 rings (SSSR count). The maximum atomic E-state index is 11.6. The van der Waals surface area contributed by atoms with E-state index in [1.165, 1.54) is 5.56 Å². The number of hydrogen-bond acceptors (Lipinski definition) is 5. The molecule has 1 heterocycles. The first-order valence-electron chi connectivity index (χ1n) is 10.1. The molecular weight excluding hydrogens is 495 g/mol. The van der Waals surface area contributed by atoms with Gasteiger partial charge in [0.1, 0.15) is 5.60 Å². The molecule has 7 nitrogen and oxygen atoms in total. The van der Waals surface area contributed by atoms with Crippen LogP contribution in [-0.2, 0) is 20.9 Å². The minimum Gasteiger partial charge on any atom is -0.475 e. The number of alkyl halides is 3. The van der Waals surface area contributed by atoms with Crippen molar-refractivity contribution in [3.05, 3.63) is 33.8 Å². The number of hydrogen-bond donors (Lipinski definition) is 2. The van der Waals surface area contributed by atoms with E-state index in [1.54, 1.807) is 6.92 Å². The van der Waals surface area contributed by atoms with Gasteiger partial charge in [-0.2, -0.15) is 18.4 Å². The Kier molecular flexibility index (Phi) is 9.07. The zero-order chi connectivity index (χ0) is 23.9. The number of amides is 1. The van der Waals surface area contributed by atoms with Gasteiger partial charge in [0.15, 0.2) is 0 Å². The quantitative estimate of drug-likeness (QED) is 0.632. The Morgan fingerprint density at radius 3 is 2.66 bits per heavy atom. The van der Waals surface area contributed by atoms with Gasteiger partial charge in [0.05, 0.1) is 24.3 Å². The molecule has 2 aliphatic rings. The van der Waals surface area contributed by atoms with E-state index in [1.807, 2.05) is 18.2 Å². The number of carbonyl (C=O) groups excluding carboxylic acids is 1. The van der Waals surface area contributed by atoms with Crippen molar-refractivity contribution in [2.75, 3.05) is 19.7 Å². The number of nitriles is 1. The van der Waals surface area contributed by atoms with Crippen molar-refractivity contribution in [2.24, 2.45) is 0 Å². The molecule has 1 aromatic rings. The minimum absolute atomic E-state index is 0.0156. The number of benzene rings is 1. The summed E-state index contributed by atoms with van der Waals surface area (Å²) < 4.78 is 38.9. The van der Waals surface area contributed by atoms with E-state index in [9.17, 15) is 18.0 Å². The van der Waals surface area contributed by atoms with Gasteiger partial charge in [0, 0.05) is 31.0 Å². The zero-order valence-electron chi connectivity index (χ0n) is 17.5. The monoisotopic (exact) mass is 519 g/mol. The highest BCUT2D eigenvalue weighted by atomic mass is 79.9. The Balaban J connectivity index is 0.000000451. The fraction of sp³-hybridized carbons (Fsp3) is 0.571. The first kappa shape index (κ1) is 26.1. The van der Waals surface area contributed by atoms with Gasteiger partial charge in [0.2, 0.25) is 5.91 Å². The lowest BCUT2D eigenvalue weighted by Gasteiger charge is -2.49. The predicted octanol–water partition coefficient (Wildman–Crippen LogP) is 3.60. The predicted molar refractivity (Wildman–Crippen MR) is 113 cm³/mol. The van der Waals surface area contributed by atoms with Crippen molar-refractivity contribution < 1.29 is 32.6 Å². The molecule has 2 unspecified atom stereocenters. The lowest BCUT2D eigenvalue weighted by atomic mass is 9.78. The average Bonchev–Trinajstić information content (AvgIpc) is 2.71. The SMILES string of the molecule is CC(=O)NC1CCCCC12CN(Cc1ccc(C#N)cc1Br)CCO2.O=C(O)C(F)(F)F. The van der Waals surface area contributed by atoms with Crippen LogP contribution in [0.5, 0.6) is 0 Å². The molecule has 1 aliphatic carbocycles. The summed E-state index contributed by atoms with van der Waals surface area (Å²) in [4.78, 5) is 22.9. The van der Waals surface area contributed by atoms with Crippen LogP contribution in [0, 0.1) is 11.3 Å². The third-order valence-electron chi connectivity index (χ3n) is 5.46. The Hall–Kier alpha value is -2.16. The maximum absolute atomic E-state index is 11.6. The molecule has 1 aromatic carbocycles. The molecule has 1 amide bonds. The van der Waals surface area contributed by atoms with E-state index in [-0.39, 0.29) is 17.6 Å². The van der Waals surface area contributed by atoms with Crippen molar-refractivity contribution in [1.29, 1.82) is 5.26 Å². The second-order valence-corrected chi connectivity index (χ2v) is 8.70. The molecule has 0 bridgehead atoms. The number of carbonyl (C=O) groups is 2. The number of nitrogens with one attached hydrogen (secondary N) is 1. The molecule has 176 valence electrons. The van der Waals surface area contributed by atoms with E-state index in [4.69, 9.17) is 19.9 Å². The van der Waals surface area contributed by atoms with Gasteiger partial charge in [-0.25, -0.2) is 4.79 Å². The Morgan fingerprint density at radius 2 is 2.09 bits per heavy atom. The second-order valence-electron chi connectivity index (χ2n) is 7.84. The summed E-state index contributed by atoms with van der Waals surface area (Å²) in [6.45, 7) is 4.77. The minimum atomic E-state index is -5.08. The van der Waals surface area contributed by atoms with E-state index in [2.05, 4.69) is 32.2 Å². The Labute approximate surface area is 192 Å². The maximum Gasteiger partial charge on any atom is 0.490 e. The molecule has 0 radical (unpaired) electrons. The van der Waals surface area contributed by atoms with Crippen LogP contribution >= 0.6 is 15.9 Å². The van der Waals surface area contributed by atoms with E-state index in [0.717, 1.165) is 49.8 Å². The van der Waals surface area contributed by atoms with E-state index in [0.29, 0.717) is 12.2 Å². The van der Waals surface area contributed by atoms with Crippen molar-refractivity contribution in [3.63, 3.8) is 0 Å². The van der Waals surface area contributed by atoms with Gasteiger partial charge in [-0.1, -0.05) is 34.8 Å². The van der Waals surface area contributed by atoms with Crippen LogP contribution in [0.3, 0.4) is 0 Å². The van der Waals surface area contributed by atoms with Crippen LogP contribution < -0.4 is 5.32 Å². The zero-order valence-corrected chi connectivity index (χ0v) is 19.1. The molecule has 1 saturated heterocycles. The molecule has 1 spiro atoms. The molecule has 0 aromatic heterocycles. The van der Waals surface area contributed by atoms with Crippen molar-refractivity contribution in [3.8, 4) is 6.07 Å². The first-order chi connectivity index (χ1) is 15.0. The average molecular weight is 520 g/mol. The molecule has 1 saturated carbocycles. The van der Waals surface area contributed by atoms with Gasteiger partial charge in [-0.3, -0.25) is 9.69 Å². The highest BCUT2D eigenvalue weighted by Gasteiger charge is 2.45. The summed E-state index contributed by atoms with van der Waals surface area (Å²) in [5.41, 5.74) is 1.55. The van der Waals surface area contributed by atoms with Crippen molar-refractivity contribution >= 4 is 27.8 Å². The number of carboxylic acid groups (broad SMARTS) is 1. The molecular formula is C21H25BrF3N3O4. The normalized spacial score (nSPS) is 23.6. The smallest absolute Gasteiger partial charge is 0.475 e. The molecule has 2 fully saturated rings. The van der Waals surface area contributed by atoms with Crippen molar-refractivity contribution in [2.45, 2.75) is 57.0 Å². The van der Waals surface area contributed by atoms with Gasteiger partial charge < -0.3 is 15.2 Å². The number of carboxylic acids is 1. The van der Waals surface area contributed by atoms with E-state index >= 15 is 0 Å². The summed E-state index contributed by atoms with van der Waals surface area (Å²) in [7, 11) is 0. The summed E-state index contributed by atoms with van der Waals surface area (Å²) in [6.07, 6.45) is -0.835. The number of nitrogens with zero attached hydrogens (tertiary/aromatic N) is 2. The van der Waals surface area contributed by atoms with Gasteiger partial charge in [-0.05, 0) is 30.5 Å². The standard InChI is InChI=1S/C19H24BrN3O2.C2HF3O2/c1-14(24)22-18-4-2-3-7-19(18)13-23(8-9-25-19)12-16-6-5-15(11-21)10-17(16)20;3-2(4,5)1(6)7/h5-6,10,18H,2-4,7-9,12-13H2,1H3,(H,22,24);(H,6,7). The fourth-order valence-electron chi connectivity index (χ4n) is 4.02. The second kappa shape index (κ2) is 11.1. The van der Waals surface area contributed by atoms with Crippen LogP contribution in [0.4, 0.5) is 13.2 Å². The topological polar surface area (TPSA) is 103 Å². The van der Waals surface area contributed by atoms with Crippen LogP contribution in [0.25, 0.3) is 0 Å². The van der Waals surface area contributed by atoms with Crippen molar-refractivity contribution in [1.82, 2.24) is 10.2 Å². The summed E-state index contributed by atoms with van der Waals surface area (Å²) in [6, 6.07) is 7.99. The van der Waals surface area contributed by atoms with Crippen LogP contribution in [0.2, 0.25) is 0 Å². The molecule has 32 heavy (non-hydrogen) atoms. The third kappa shape index (κ3) is 7.18. The van der Waals surface area contributed by atoms with Crippen LogP contribution in [-0.4, -0.2) is 59.4 Å². The number of ether oxygens (including phenoxy) is 1. The summed E-state index contributed by atoms with van der Waals surface area (Å²) in [5.74, 6) is -2.74. The number of halogens is 4. The lowest BCUT2D eigenvalue weighted by Crippen LogP contribution is -2.63.